The summed E-state index contributed by atoms with van der Waals surface area (Å²) >= 11 is 0. The molecule has 1 saturated heterocycles. The maximum absolute atomic E-state index is 12.7. The van der Waals surface area contributed by atoms with Gasteiger partial charge in [-0.25, -0.2) is 33.3 Å². The van der Waals surface area contributed by atoms with Crippen LogP contribution in [0.1, 0.15) is 132 Å². The van der Waals surface area contributed by atoms with Crippen LogP contribution in [-0.4, -0.2) is 137 Å². The van der Waals surface area contributed by atoms with Crippen LogP contribution < -0.4 is 26.2 Å². The van der Waals surface area contributed by atoms with E-state index in [2.05, 4.69) is 83.2 Å². The lowest BCUT2D eigenvalue weighted by atomic mass is 9.88. The van der Waals surface area contributed by atoms with E-state index < -0.39 is 9.84 Å². The summed E-state index contributed by atoms with van der Waals surface area (Å²) in [4.78, 5) is 72.6. The average Bonchev–Trinajstić information content (AvgIpc) is 4.10. The molecule has 7 aliphatic rings. The molecular formula is C51H60N16O5S. The van der Waals surface area contributed by atoms with E-state index >= 15 is 0 Å². The van der Waals surface area contributed by atoms with Crippen molar-refractivity contribution in [2.45, 2.75) is 125 Å². The molecule has 7 aromatic heterocycles. The highest BCUT2D eigenvalue weighted by atomic mass is 32.2. The lowest BCUT2D eigenvalue weighted by molar-refractivity contribution is 0.0847. The fraction of sp³-hybridized carbons (Fsp3) is 0.490. The van der Waals surface area contributed by atoms with Gasteiger partial charge < -0.3 is 44.8 Å². The van der Waals surface area contributed by atoms with Gasteiger partial charge in [0.15, 0.2) is 0 Å². The molecule has 0 radical (unpaired) electrons. The minimum atomic E-state index is -3.48. The van der Waals surface area contributed by atoms with Crippen molar-refractivity contribution in [3.05, 3.63) is 78.0 Å². The molecule has 7 aromatic rings. The number of aryl methyl sites for hydroxylation is 1. The number of hydrogen-bond donors (Lipinski definition) is 4. The molecule has 380 valence electrons. The van der Waals surface area contributed by atoms with Gasteiger partial charge in [-0.15, -0.1) is 0 Å². The van der Waals surface area contributed by atoms with Crippen molar-refractivity contribution in [2.75, 3.05) is 49.7 Å². The fourth-order valence-corrected chi connectivity index (χ4v) is 12.7. The number of amides is 3. The van der Waals surface area contributed by atoms with Gasteiger partial charge in [0, 0.05) is 85.3 Å². The van der Waals surface area contributed by atoms with Crippen LogP contribution in [0.5, 0.6) is 0 Å². The highest BCUT2D eigenvalue weighted by Crippen LogP contribution is 2.39. The minimum Gasteiger partial charge on any atom is -0.368 e. The standard InChI is InChI=1S/C23H28N8O.C14H16N4O3S.C14H16N4O/c1-29-8-10-30(11-9-29)16-6-7-20(24-14-16)27-23-25-13-15-12-19-22(32)26-17-4-2-3-5-18(17)31(19)21(15)28-23;1-22(20,21)14-15-7-8-6-11-13(19)16-9-4-2-3-5-10(9)18(11)12(8)17-14;1-8-15-7-9-6-12-14(19)17-10-4-2-3-5-11(10)18(12)13(9)16-8/h6-7,12-14,17-18H,2-5,8-11H2,1H3,(H,26,32)(H,24,25,27,28);6-7,9-10H,2-5H2,1H3,(H,16,19);6-7,10-11H,2-5H2,1H3,(H,17,19)/t17-,18+;9-,10+;10-,11+/m000/s1. The number of carbonyl (C=O) groups is 3. The quantitative estimate of drug-likeness (QED) is 0.157. The van der Waals surface area contributed by atoms with Crippen LogP contribution in [0.15, 0.2) is 60.3 Å². The van der Waals surface area contributed by atoms with E-state index in [1.165, 1.54) is 25.5 Å². The summed E-state index contributed by atoms with van der Waals surface area (Å²) in [6, 6.07) is 10.9. The number of nitrogens with zero attached hydrogens (tertiary/aromatic N) is 12. The highest BCUT2D eigenvalue weighted by molar-refractivity contribution is 7.90. The zero-order valence-corrected chi connectivity index (χ0v) is 42.1. The van der Waals surface area contributed by atoms with Gasteiger partial charge in [0.05, 0.1) is 30.0 Å². The smallest absolute Gasteiger partial charge is 0.268 e. The normalized spacial score (nSPS) is 24.5. The Morgan fingerprint density at radius 3 is 1.52 bits per heavy atom. The number of likely N-dealkylation sites (N-methyl/N-ethyl adjacent to an activating group) is 1. The highest BCUT2D eigenvalue weighted by Gasteiger charge is 2.39. The van der Waals surface area contributed by atoms with Gasteiger partial charge in [0.2, 0.25) is 20.9 Å². The van der Waals surface area contributed by atoms with Crippen LogP contribution >= 0.6 is 0 Å². The number of pyridine rings is 1. The molecule has 3 saturated carbocycles. The number of piperazine rings is 1. The Morgan fingerprint density at radius 1 is 0.562 bits per heavy atom. The van der Waals surface area contributed by atoms with Gasteiger partial charge in [0.1, 0.15) is 45.7 Å². The zero-order chi connectivity index (χ0) is 50.1. The maximum atomic E-state index is 12.7. The number of sulfone groups is 1. The first-order valence-electron chi connectivity index (χ1n) is 25.7. The number of aromatic nitrogens is 10. The molecule has 3 aliphatic carbocycles. The van der Waals surface area contributed by atoms with Crippen molar-refractivity contribution in [3.63, 3.8) is 0 Å². The van der Waals surface area contributed by atoms with Crippen LogP contribution in [0.4, 0.5) is 17.5 Å². The SMILES string of the molecule is CN1CCN(c2ccc(Nc3ncc4cc5n(c4n3)[C@@H]3CCCC[C@@H]3NC5=O)nc2)CC1.CS(=O)(=O)c1ncc2cc3n(c2n1)[C@@H]1CCCC[C@@H]1NC3=O.Cc1ncc2cc3n(c2n1)[C@@H]1CCCC[C@@H]1NC3=O. The van der Waals surface area contributed by atoms with E-state index in [1.54, 1.807) is 12.3 Å². The molecule has 4 N–H and O–H groups in total. The summed E-state index contributed by atoms with van der Waals surface area (Å²) in [6.07, 6.45) is 21.2. The van der Waals surface area contributed by atoms with Crippen molar-refractivity contribution in [3.8, 4) is 0 Å². The Balaban J connectivity index is 0.000000116. The third-order valence-corrected chi connectivity index (χ3v) is 16.7. The van der Waals surface area contributed by atoms with Crippen LogP contribution in [0.25, 0.3) is 33.1 Å². The van der Waals surface area contributed by atoms with Gasteiger partial charge in [-0.1, -0.05) is 38.5 Å². The molecule has 4 fully saturated rings. The Hall–Kier alpha value is -7.07. The molecule has 6 atom stereocenters. The van der Waals surface area contributed by atoms with Crippen LogP contribution in [-0.2, 0) is 9.84 Å². The monoisotopic (exact) mass is 1010 g/mol. The first-order chi connectivity index (χ1) is 35.3. The lowest BCUT2D eigenvalue weighted by Crippen LogP contribution is -2.48. The van der Waals surface area contributed by atoms with Gasteiger partial charge >= 0.3 is 0 Å². The van der Waals surface area contributed by atoms with E-state index in [0.29, 0.717) is 40.2 Å². The number of carbonyl (C=O) groups excluding carboxylic acids is 3. The Kier molecular flexibility index (Phi) is 12.1. The molecule has 0 aromatic carbocycles. The third-order valence-electron chi connectivity index (χ3n) is 15.8. The van der Waals surface area contributed by atoms with Crippen LogP contribution in [0.2, 0.25) is 0 Å². The van der Waals surface area contributed by atoms with Gasteiger partial charge in [0.25, 0.3) is 17.7 Å². The van der Waals surface area contributed by atoms with Crippen molar-refractivity contribution >= 4 is 78.1 Å². The van der Waals surface area contributed by atoms with E-state index in [0.717, 1.165) is 129 Å². The van der Waals surface area contributed by atoms with Crippen molar-refractivity contribution in [2.24, 2.45) is 0 Å². The van der Waals surface area contributed by atoms with Crippen molar-refractivity contribution in [1.29, 1.82) is 0 Å². The largest absolute Gasteiger partial charge is 0.368 e. The van der Waals surface area contributed by atoms with Gasteiger partial charge in [-0.05, 0) is 82.8 Å². The summed E-state index contributed by atoms with van der Waals surface area (Å²) in [5, 5.41) is 15.0. The summed E-state index contributed by atoms with van der Waals surface area (Å²) in [5.74, 6) is 1.85. The molecule has 73 heavy (non-hydrogen) atoms. The molecule has 22 heteroatoms. The second-order valence-electron chi connectivity index (χ2n) is 20.7. The topological polar surface area (TPSA) is 245 Å². The second kappa shape index (κ2) is 18.8. The third kappa shape index (κ3) is 8.80. The van der Waals surface area contributed by atoms with Crippen molar-refractivity contribution < 1.29 is 22.8 Å². The van der Waals surface area contributed by atoms with Gasteiger partial charge in [-0.3, -0.25) is 14.4 Å². The fourth-order valence-electron chi connectivity index (χ4n) is 12.2. The molecule has 14 rings (SSSR count). The van der Waals surface area contributed by atoms with E-state index in [4.69, 9.17) is 4.98 Å². The predicted molar refractivity (Wildman–Crippen MR) is 274 cm³/mol. The average molecular weight is 1010 g/mol. The number of rotatable bonds is 4. The molecule has 3 amide bonds. The number of nitrogens with one attached hydrogen (secondary N) is 4. The molecule has 21 nitrogen and oxygen atoms in total. The Labute approximate surface area is 421 Å². The number of anilines is 3. The molecule has 0 unspecified atom stereocenters. The van der Waals surface area contributed by atoms with Gasteiger partial charge in [-0.2, -0.15) is 9.97 Å². The summed E-state index contributed by atoms with van der Waals surface area (Å²) in [5.41, 5.74) is 5.36. The lowest BCUT2D eigenvalue weighted by Gasteiger charge is -2.38. The van der Waals surface area contributed by atoms with Crippen LogP contribution in [0, 0.1) is 6.92 Å². The first-order valence-corrected chi connectivity index (χ1v) is 27.6. The molecular weight excluding hydrogens is 949 g/mol. The van der Waals surface area contributed by atoms with Crippen molar-refractivity contribution in [1.82, 2.24) is 69.4 Å². The zero-order valence-electron chi connectivity index (χ0n) is 41.3. The van der Waals surface area contributed by atoms with Crippen LogP contribution in [0.3, 0.4) is 0 Å². The summed E-state index contributed by atoms with van der Waals surface area (Å²) < 4.78 is 29.6. The molecule has 4 aliphatic heterocycles. The number of fused-ring (bicyclic) bond motifs is 15. The van der Waals surface area contributed by atoms with E-state index in [9.17, 15) is 22.8 Å². The molecule has 0 spiro atoms. The van der Waals surface area contributed by atoms with E-state index in [1.807, 2.05) is 42.1 Å². The number of hydrogen-bond acceptors (Lipinski definition) is 15. The van der Waals surface area contributed by atoms with E-state index in [-0.39, 0.29) is 53.1 Å². The molecule has 0 bridgehead atoms. The summed E-state index contributed by atoms with van der Waals surface area (Å²) in [7, 11) is -1.32. The predicted octanol–water partition coefficient (Wildman–Crippen LogP) is 5.58. The Bertz CT molecular complexity index is 3420. The second-order valence-corrected chi connectivity index (χ2v) is 22.6. The maximum Gasteiger partial charge on any atom is 0.268 e. The Morgan fingerprint density at radius 2 is 1.03 bits per heavy atom. The summed E-state index contributed by atoms with van der Waals surface area (Å²) in [6.45, 7) is 6.05. The molecule has 11 heterocycles. The first kappa shape index (κ1) is 47.0. The minimum absolute atomic E-state index is 0.0122.